The minimum Gasteiger partial charge on any atom is -0.393 e. The van der Waals surface area contributed by atoms with Crippen molar-refractivity contribution in [2.45, 2.75) is 144 Å². The molecule has 31 heavy (non-hydrogen) atoms. The maximum Gasteiger partial charge on any atom is 0.0658 e. The number of rotatable bonds is 12. The first-order chi connectivity index (χ1) is 14.5. The Morgan fingerprint density at radius 1 is 0.806 bits per heavy atom. The molecule has 1 heterocycles. The van der Waals surface area contributed by atoms with Crippen LogP contribution in [0.15, 0.2) is 0 Å². The molecule has 0 aromatic rings. The SMILES string of the molecule is CC(C)CCCC(C)CCCC(C)CCCC1(C)CC[C@@H]2C(C)C(O)[C@H](C)C(C)[C@@H]2O1. The molecular formula is C29H56O2. The molecule has 2 aliphatic rings. The van der Waals surface area contributed by atoms with E-state index >= 15 is 0 Å². The molecule has 1 saturated carbocycles. The van der Waals surface area contributed by atoms with Gasteiger partial charge in [-0.05, 0) is 67.6 Å². The monoisotopic (exact) mass is 436 g/mol. The van der Waals surface area contributed by atoms with Gasteiger partial charge < -0.3 is 9.84 Å². The average molecular weight is 437 g/mol. The van der Waals surface area contributed by atoms with Crippen LogP contribution in [0.4, 0.5) is 0 Å². The first-order valence-corrected chi connectivity index (χ1v) is 13.9. The fourth-order valence-electron chi connectivity index (χ4n) is 6.50. The van der Waals surface area contributed by atoms with Crippen molar-refractivity contribution in [2.75, 3.05) is 0 Å². The van der Waals surface area contributed by atoms with Crippen molar-refractivity contribution in [1.82, 2.24) is 0 Å². The van der Waals surface area contributed by atoms with Gasteiger partial charge in [-0.15, -0.1) is 0 Å². The Bertz CT molecular complexity index is 503. The van der Waals surface area contributed by atoms with E-state index in [4.69, 9.17) is 4.74 Å². The van der Waals surface area contributed by atoms with Crippen molar-refractivity contribution in [1.29, 1.82) is 0 Å². The lowest BCUT2D eigenvalue weighted by Gasteiger charge is -2.53. The summed E-state index contributed by atoms with van der Waals surface area (Å²) in [5.74, 6) is 4.29. The van der Waals surface area contributed by atoms with Crippen molar-refractivity contribution in [2.24, 2.45) is 41.4 Å². The Morgan fingerprint density at radius 2 is 1.35 bits per heavy atom. The minimum absolute atomic E-state index is 0.0435. The van der Waals surface area contributed by atoms with Crippen LogP contribution in [-0.4, -0.2) is 22.9 Å². The zero-order valence-electron chi connectivity index (χ0n) is 22.3. The number of ether oxygens (including phenoxy) is 1. The zero-order valence-corrected chi connectivity index (χ0v) is 22.3. The summed E-state index contributed by atoms with van der Waals surface area (Å²) in [5, 5.41) is 10.6. The van der Waals surface area contributed by atoms with Crippen LogP contribution in [0.5, 0.6) is 0 Å². The number of fused-ring (bicyclic) bond motifs is 1. The summed E-state index contributed by atoms with van der Waals surface area (Å²) in [7, 11) is 0. The molecule has 0 spiro atoms. The maximum atomic E-state index is 10.6. The second kappa shape index (κ2) is 12.4. The van der Waals surface area contributed by atoms with Gasteiger partial charge in [0.15, 0.2) is 0 Å². The smallest absolute Gasteiger partial charge is 0.0658 e. The lowest BCUT2D eigenvalue weighted by Crippen LogP contribution is -2.56. The lowest BCUT2D eigenvalue weighted by atomic mass is 9.63. The Kier molecular flexibility index (Phi) is 10.9. The number of aliphatic hydroxyl groups is 1. The van der Waals surface area contributed by atoms with E-state index in [0.29, 0.717) is 29.8 Å². The normalized spacial score (nSPS) is 38.1. The van der Waals surface area contributed by atoms with Crippen molar-refractivity contribution >= 4 is 0 Å². The lowest BCUT2D eigenvalue weighted by molar-refractivity contribution is -0.216. The molecule has 2 heteroatoms. The average Bonchev–Trinajstić information content (AvgIpc) is 2.70. The van der Waals surface area contributed by atoms with Crippen LogP contribution in [-0.2, 0) is 4.74 Å². The number of hydrogen-bond donors (Lipinski definition) is 1. The number of aliphatic hydroxyl groups excluding tert-OH is 1. The Labute approximate surface area is 195 Å². The Balaban J connectivity index is 1.66. The van der Waals surface area contributed by atoms with Crippen LogP contribution in [0, 0.1) is 41.4 Å². The van der Waals surface area contributed by atoms with Gasteiger partial charge >= 0.3 is 0 Å². The fraction of sp³-hybridized carbons (Fsp3) is 1.00. The van der Waals surface area contributed by atoms with Gasteiger partial charge in [0.05, 0.1) is 17.8 Å². The summed E-state index contributed by atoms with van der Waals surface area (Å²) in [5.41, 5.74) is 0.0435. The highest BCUT2D eigenvalue weighted by atomic mass is 16.5. The van der Waals surface area contributed by atoms with Gasteiger partial charge in [-0.1, -0.05) is 99.8 Å². The molecule has 2 nitrogen and oxygen atoms in total. The molecule has 9 atom stereocenters. The summed E-state index contributed by atoms with van der Waals surface area (Å²) in [4.78, 5) is 0. The van der Waals surface area contributed by atoms with Gasteiger partial charge in [-0.2, -0.15) is 0 Å². The van der Waals surface area contributed by atoms with Gasteiger partial charge in [0.25, 0.3) is 0 Å². The van der Waals surface area contributed by atoms with E-state index in [2.05, 4.69) is 55.4 Å². The van der Waals surface area contributed by atoms with Crippen LogP contribution in [0.1, 0.15) is 126 Å². The summed E-state index contributed by atoms with van der Waals surface area (Å²) in [6.07, 6.45) is 14.8. The van der Waals surface area contributed by atoms with Crippen molar-refractivity contribution in [3.63, 3.8) is 0 Å². The third-order valence-electron chi connectivity index (χ3n) is 9.22. The summed E-state index contributed by atoms with van der Waals surface area (Å²) in [6.45, 7) is 18.7. The molecule has 1 N–H and O–H groups in total. The van der Waals surface area contributed by atoms with E-state index in [1.807, 2.05) is 0 Å². The summed E-state index contributed by atoms with van der Waals surface area (Å²) < 4.78 is 6.82. The topological polar surface area (TPSA) is 29.5 Å². The van der Waals surface area contributed by atoms with Crippen LogP contribution < -0.4 is 0 Å². The van der Waals surface area contributed by atoms with Crippen LogP contribution >= 0.6 is 0 Å². The van der Waals surface area contributed by atoms with E-state index in [1.54, 1.807) is 0 Å². The van der Waals surface area contributed by atoms with Gasteiger partial charge in [0, 0.05) is 0 Å². The number of hydrogen-bond acceptors (Lipinski definition) is 2. The molecule has 1 saturated heterocycles. The predicted molar refractivity (Wildman–Crippen MR) is 134 cm³/mol. The second-order valence-corrected chi connectivity index (χ2v) is 12.7. The third kappa shape index (κ3) is 8.02. The molecule has 1 aliphatic carbocycles. The molecule has 2 fully saturated rings. The van der Waals surface area contributed by atoms with Crippen LogP contribution in [0.25, 0.3) is 0 Å². The quantitative estimate of drug-likeness (QED) is 0.333. The molecule has 0 amide bonds. The standard InChI is InChI=1S/C29H56O2/c1-20(2)12-9-13-21(3)14-10-15-22(4)16-11-18-29(8)19-17-26-25(7)27(30)23(5)24(6)28(26)31-29/h20-28,30H,9-19H2,1-8H3/t21?,22?,23-,24?,25?,26-,27?,28+,29?/m1/s1. The van der Waals surface area contributed by atoms with E-state index < -0.39 is 0 Å². The fourth-order valence-corrected chi connectivity index (χ4v) is 6.50. The highest BCUT2D eigenvalue weighted by molar-refractivity contribution is 4.98. The van der Waals surface area contributed by atoms with E-state index in [1.165, 1.54) is 64.2 Å². The molecule has 0 bridgehead atoms. The van der Waals surface area contributed by atoms with Gasteiger partial charge in [-0.3, -0.25) is 0 Å². The van der Waals surface area contributed by atoms with Crippen LogP contribution in [0.3, 0.4) is 0 Å². The van der Waals surface area contributed by atoms with Crippen LogP contribution in [0.2, 0.25) is 0 Å². The Hall–Kier alpha value is -0.0800. The molecule has 0 radical (unpaired) electrons. The maximum absolute atomic E-state index is 10.6. The highest BCUT2D eigenvalue weighted by Crippen LogP contribution is 2.48. The van der Waals surface area contributed by atoms with Gasteiger partial charge in [-0.25, -0.2) is 0 Å². The third-order valence-corrected chi connectivity index (χ3v) is 9.22. The first kappa shape index (κ1) is 27.2. The zero-order chi connectivity index (χ0) is 23.2. The molecule has 0 aromatic heterocycles. The van der Waals surface area contributed by atoms with Gasteiger partial charge in [0.1, 0.15) is 0 Å². The minimum atomic E-state index is -0.164. The van der Waals surface area contributed by atoms with Crippen molar-refractivity contribution in [3.8, 4) is 0 Å². The molecule has 1 aliphatic heterocycles. The van der Waals surface area contributed by atoms with Gasteiger partial charge in [0.2, 0.25) is 0 Å². The van der Waals surface area contributed by atoms with E-state index in [9.17, 15) is 5.11 Å². The van der Waals surface area contributed by atoms with Crippen molar-refractivity contribution in [3.05, 3.63) is 0 Å². The predicted octanol–water partition coefficient (Wildman–Crippen LogP) is 8.26. The largest absolute Gasteiger partial charge is 0.393 e. The molecule has 2 rings (SSSR count). The summed E-state index contributed by atoms with van der Waals surface area (Å²) in [6, 6.07) is 0. The van der Waals surface area contributed by atoms with E-state index in [0.717, 1.165) is 24.2 Å². The molecule has 0 aromatic carbocycles. The van der Waals surface area contributed by atoms with E-state index in [-0.39, 0.29) is 11.7 Å². The highest BCUT2D eigenvalue weighted by Gasteiger charge is 2.50. The second-order valence-electron chi connectivity index (χ2n) is 12.7. The summed E-state index contributed by atoms with van der Waals surface area (Å²) >= 11 is 0. The molecule has 184 valence electrons. The Morgan fingerprint density at radius 3 is 1.94 bits per heavy atom. The van der Waals surface area contributed by atoms with Crippen molar-refractivity contribution < 1.29 is 9.84 Å². The molecule has 6 unspecified atom stereocenters. The molecular weight excluding hydrogens is 380 g/mol. The first-order valence-electron chi connectivity index (χ1n) is 13.9.